The molecule has 1 fully saturated rings. The zero-order valence-corrected chi connectivity index (χ0v) is 11.8. The number of nitrogens with zero attached hydrogens (tertiary/aromatic N) is 3. The van der Waals surface area contributed by atoms with Crippen molar-refractivity contribution in [2.45, 2.75) is 13.5 Å². The van der Waals surface area contributed by atoms with E-state index in [9.17, 15) is 4.79 Å². The number of pyridine rings is 1. The molecular weight excluding hydrogens is 268 g/mol. The Bertz CT molecular complexity index is 438. The second-order valence-electron chi connectivity index (χ2n) is 4.23. The molecule has 0 aliphatic carbocycles. The summed E-state index contributed by atoms with van der Waals surface area (Å²) < 4.78 is 0. The Labute approximate surface area is 114 Å². The van der Waals surface area contributed by atoms with Gasteiger partial charge in [0.25, 0.3) is 0 Å². The molecule has 1 aromatic rings. The zero-order valence-electron chi connectivity index (χ0n) is 10.2. The SMILES string of the molecule is CC(=O)NN1CN(Cc2ccncc2)CS(=S)C1. The van der Waals surface area contributed by atoms with Gasteiger partial charge in [0.1, 0.15) is 0 Å². The number of hydrazine groups is 1. The van der Waals surface area contributed by atoms with Crippen LogP contribution in [0.4, 0.5) is 0 Å². The highest BCUT2D eigenvalue weighted by atomic mass is 32.8. The molecule has 0 saturated carbocycles. The second-order valence-corrected chi connectivity index (χ2v) is 7.04. The smallest absolute Gasteiger partial charge is 0.231 e. The van der Waals surface area contributed by atoms with E-state index in [4.69, 9.17) is 11.2 Å². The van der Waals surface area contributed by atoms with Crippen LogP contribution >= 0.6 is 0 Å². The topological polar surface area (TPSA) is 48.5 Å². The molecule has 1 aromatic heterocycles. The number of carbonyl (C=O) groups is 1. The number of carbonyl (C=O) groups excluding carboxylic acids is 1. The normalized spacial score (nSPS) is 21.7. The van der Waals surface area contributed by atoms with Gasteiger partial charge in [0.15, 0.2) is 0 Å². The van der Waals surface area contributed by atoms with Gasteiger partial charge in [-0.2, -0.15) is 5.01 Å². The minimum absolute atomic E-state index is 0.0484. The molecule has 1 amide bonds. The van der Waals surface area contributed by atoms with E-state index >= 15 is 0 Å². The fourth-order valence-corrected chi connectivity index (χ4v) is 3.86. The molecule has 2 rings (SSSR count). The van der Waals surface area contributed by atoms with Crippen molar-refractivity contribution in [1.29, 1.82) is 0 Å². The maximum atomic E-state index is 11.1. The average Bonchev–Trinajstić information content (AvgIpc) is 2.28. The fourth-order valence-electron chi connectivity index (χ4n) is 1.87. The molecule has 98 valence electrons. The Kier molecular flexibility index (Phi) is 4.76. The number of nitrogens with one attached hydrogen (secondary N) is 1. The number of rotatable bonds is 3. The lowest BCUT2D eigenvalue weighted by Gasteiger charge is -2.36. The predicted octanol–water partition coefficient (Wildman–Crippen LogP) is 0.203. The molecular formula is C11H16N4OS2. The lowest BCUT2D eigenvalue weighted by atomic mass is 10.2. The molecule has 1 N–H and O–H groups in total. The lowest BCUT2D eigenvalue weighted by molar-refractivity contribution is -0.124. The fraction of sp³-hybridized carbons (Fsp3) is 0.455. The van der Waals surface area contributed by atoms with Gasteiger partial charge in [-0.3, -0.25) is 20.1 Å². The molecule has 18 heavy (non-hydrogen) atoms. The highest BCUT2D eigenvalue weighted by Crippen LogP contribution is 2.09. The number of aromatic nitrogens is 1. The summed E-state index contributed by atoms with van der Waals surface area (Å²) in [6.07, 6.45) is 3.58. The van der Waals surface area contributed by atoms with Crippen molar-refractivity contribution in [3.8, 4) is 0 Å². The van der Waals surface area contributed by atoms with Gasteiger partial charge in [-0.05, 0) is 28.9 Å². The van der Waals surface area contributed by atoms with E-state index in [0.29, 0.717) is 6.67 Å². The van der Waals surface area contributed by atoms with Crippen molar-refractivity contribution < 1.29 is 4.79 Å². The molecule has 1 saturated heterocycles. The molecule has 0 radical (unpaired) electrons. The Hall–Kier alpha value is -0.890. The molecule has 0 spiro atoms. The van der Waals surface area contributed by atoms with Crippen LogP contribution in [0.25, 0.3) is 0 Å². The second kappa shape index (κ2) is 6.33. The van der Waals surface area contributed by atoms with Gasteiger partial charge < -0.3 is 0 Å². The molecule has 0 aromatic carbocycles. The summed E-state index contributed by atoms with van der Waals surface area (Å²) >= 11 is 5.39. The van der Waals surface area contributed by atoms with Crippen LogP contribution in [0.3, 0.4) is 0 Å². The van der Waals surface area contributed by atoms with Crippen LogP contribution in [0.15, 0.2) is 24.5 Å². The molecule has 7 heteroatoms. The van der Waals surface area contributed by atoms with E-state index in [2.05, 4.69) is 15.3 Å². The van der Waals surface area contributed by atoms with Crippen LogP contribution < -0.4 is 5.43 Å². The van der Waals surface area contributed by atoms with Gasteiger partial charge in [0.05, 0.1) is 18.4 Å². The van der Waals surface area contributed by atoms with Crippen LogP contribution in [0, 0.1) is 0 Å². The first-order chi connectivity index (χ1) is 8.63. The van der Waals surface area contributed by atoms with Crippen molar-refractivity contribution in [2.75, 3.05) is 18.4 Å². The molecule has 1 atom stereocenters. The number of amides is 1. The van der Waals surface area contributed by atoms with Gasteiger partial charge in [0, 0.05) is 25.9 Å². The third-order valence-electron chi connectivity index (χ3n) is 2.47. The maximum absolute atomic E-state index is 11.1. The van der Waals surface area contributed by atoms with Gasteiger partial charge in [-0.1, -0.05) is 9.45 Å². The number of hydrogen-bond acceptors (Lipinski definition) is 5. The largest absolute Gasteiger partial charge is 0.287 e. The van der Waals surface area contributed by atoms with E-state index in [1.54, 1.807) is 12.4 Å². The van der Waals surface area contributed by atoms with E-state index in [1.165, 1.54) is 12.5 Å². The molecule has 1 aliphatic heterocycles. The van der Waals surface area contributed by atoms with Crippen LogP contribution in [0.1, 0.15) is 12.5 Å². The molecule has 2 heterocycles. The predicted molar refractivity (Wildman–Crippen MR) is 74.8 cm³/mol. The van der Waals surface area contributed by atoms with Crippen molar-refractivity contribution in [3.63, 3.8) is 0 Å². The maximum Gasteiger partial charge on any atom is 0.231 e. The van der Waals surface area contributed by atoms with E-state index < -0.39 is 0 Å². The lowest BCUT2D eigenvalue weighted by Crippen LogP contribution is -2.53. The quantitative estimate of drug-likeness (QED) is 0.859. The van der Waals surface area contributed by atoms with Crippen LogP contribution in [-0.2, 0) is 32.0 Å². The van der Waals surface area contributed by atoms with Crippen LogP contribution in [-0.4, -0.2) is 39.2 Å². The summed E-state index contributed by atoms with van der Waals surface area (Å²) in [5.74, 6) is 1.60. The average molecular weight is 284 g/mol. The molecule has 0 bridgehead atoms. The van der Waals surface area contributed by atoms with E-state index in [-0.39, 0.29) is 15.4 Å². The first kappa shape index (κ1) is 13.5. The van der Waals surface area contributed by atoms with Gasteiger partial charge >= 0.3 is 0 Å². The summed E-state index contributed by atoms with van der Waals surface area (Å²) in [6, 6.07) is 4.00. The zero-order chi connectivity index (χ0) is 13.0. The van der Waals surface area contributed by atoms with Crippen LogP contribution in [0.5, 0.6) is 0 Å². The van der Waals surface area contributed by atoms with E-state index in [0.717, 1.165) is 18.3 Å². The third-order valence-corrected chi connectivity index (χ3v) is 4.35. The summed E-state index contributed by atoms with van der Waals surface area (Å²) in [4.78, 5) is 17.3. The van der Waals surface area contributed by atoms with E-state index in [1.807, 2.05) is 17.1 Å². The third kappa shape index (κ3) is 4.09. The van der Waals surface area contributed by atoms with Crippen molar-refractivity contribution in [1.82, 2.24) is 20.3 Å². The summed E-state index contributed by atoms with van der Waals surface area (Å²) in [5.41, 5.74) is 4.02. The Morgan fingerprint density at radius 1 is 1.50 bits per heavy atom. The standard InChI is InChI=1S/C11H16N4OS2/c1-10(16)13-15-7-14(8-18(17)9-15)6-11-2-4-12-5-3-11/h2-5H,6-9H2,1H3,(H,13,16). The Morgan fingerprint density at radius 3 is 2.89 bits per heavy atom. The molecule has 5 nitrogen and oxygen atoms in total. The first-order valence-electron chi connectivity index (χ1n) is 5.62. The van der Waals surface area contributed by atoms with Gasteiger partial charge in [0.2, 0.25) is 5.91 Å². The van der Waals surface area contributed by atoms with Gasteiger partial charge in [-0.15, -0.1) is 0 Å². The minimum atomic E-state index is -0.136. The highest BCUT2D eigenvalue weighted by Gasteiger charge is 2.20. The minimum Gasteiger partial charge on any atom is -0.287 e. The van der Waals surface area contributed by atoms with Crippen molar-refractivity contribution in [2.24, 2.45) is 0 Å². The summed E-state index contributed by atoms with van der Waals surface area (Å²) in [5, 5.41) is 1.89. The summed E-state index contributed by atoms with van der Waals surface area (Å²) in [6.45, 7) is 3.06. The highest BCUT2D eigenvalue weighted by molar-refractivity contribution is 8.28. The van der Waals surface area contributed by atoms with Crippen molar-refractivity contribution in [3.05, 3.63) is 30.1 Å². The summed E-state index contributed by atoms with van der Waals surface area (Å²) in [7, 11) is -0.136. The Morgan fingerprint density at radius 2 is 2.22 bits per heavy atom. The first-order valence-corrected chi connectivity index (χ1v) is 8.10. The molecule has 1 aliphatic rings. The van der Waals surface area contributed by atoms with Crippen molar-refractivity contribution >= 4 is 26.5 Å². The van der Waals surface area contributed by atoms with Crippen LogP contribution in [0.2, 0.25) is 0 Å². The molecule has 1 unspecified atom stereocenters. The number of hydrogen-bond donors (Lipinski definition) is 1. The monoisotopic (exact) mass is 284 g/mol. The van der Waals surface area contributed by atoms with Gasteiger partial charge in [-0.25, -0.2) is 0 Å². The Balaban J connectivity index is 1.96.